The predicted octanol–water partition coefficient (Wildman–Crippen LogP) is 0.876. The molecule has 0 aromatic rings. The van der Waals surface area contributed by atoms with Gasteiger partial charge in [0.2, 0.25) is 5.60 Å². The van der Waals surface area contributed by atoms with Crippen molar-refractivity contribution in [3.05, 3.63) is 23.3 Å². The Morgan fingerprint density at radius 3 is 2.48 bits per heavy atom. The molecule has 2 N–H and O–H groups in total. The lowest BCUT2D eigenvalue weighted by Crippen LogP contribution is -2.64. The van der Waals surface area contributed by atoms with Gasteiger partial charge in [0, 0.05) is 25.6 Å². The Kier molecular flexibility index (Phi) is 7.67. The largest absolute Gasteiger partial charge is 0.459 e. The molecule has 4 atom stereocenters. The number of allylic oxidation sites excluding steroid dienone is 1. The summed E-state index contributed by atoms with van der Waals surface area (Å²) in [6.45, 7) is 9.59. The van der Waals surface area contributed by atoms with Gasteiger partial charge in [-0.1, -0.05) is 12.2 Å². The van der Waals surface area contributed by atoms with Crippen LogP contribution in [0.1, 0.15) is 48.0 Å². The zero-order chi connectivity index (χ0) is 23.6. The highest BCUT2D eigenvalue weighted by Crippen LogP contribution is 2.33. The molecule has 1 saturated heterocycles. The minimum atomic E-state index is -2.47. The second-order valence-electron chi connectivity index (χ2n) is 8.58. The van der Waals surface area contributed by atoms with Crippen molar-refractivity contribution in [1.29, 1.82) is 0 Å². The Morgan fingerprint density at radius 2 is 1.94 bits per heavy atom. The predicted molar refractivity (Wildman–Crippen MR) is 111 cm³/mol. The standard InChI is InChI=1S/C22H33NO8/c1-7-13(2)19(25)31-17-9-11-23-10-8-16(18(17)23)12-29-20(26)22(28,21(5,6)27)14(3)30-15(4)24/h7-8,14,17-18,27-28H,9-12H2,1-6H3. The average molecular weight is 440 g/mol. The Hall–Kier alpha value is -2.23. The monoisotopic (exact) mass is 439 g/mol. The lowest BCUT2D eigenvalue weighted by Gasteiger charge is -2.39. The number of nitrogens with zero attached hydrogens (tertiary/aromatic N) is 1. The third-order valence-electron chi connectivity index (χ3n) is 5.97. The topological polar surface area (TPSA) is 123 Å². The Labute approximate surface area is 182 Å². The van der Waals surface area contributed by atoms with E-state index in [1.54, 1.807) is 19.9 Å². The number of fused-ring (bicyclic) bond motifs is 1. The minimum Gasteiger partial charge on any atom is -0.459 e. The molecule has 0 radical (unpaired) electrons. The molecular formula is C22H33NO8. The SMILES string of the molecule is CC=C(C)C(=O)OC1CCN2CC=C(COC(=O)C(O)(C(C)OC(C)=O)C(C)(C)O)C12. The molecule has 1 fully saturated rings. The Balaban J connectivity index is 2.10. The smallest absolute Gasteiger partial charge is 0.345 e. The zero-order valence-corrected chi connectivity index (χ0v) is 19.0. The highest BCUT2D eigenvalue weighted by molar-refractivity contribution is 5.87. The van der Waals surface area contributed by atoms with Crippen molar-refractivity contribution < 1.29 is 38.8 Å². The Bertz CT molecular complexity index is 781. The highest BCUT2D eigenvalue weighted by atomic mass is 16.6. The van der Waals surface area contributed by atoms with Crippen molar-refractivity contribution in [2.24, 2.45) is 0 Å². The number of hydrogen-bond acceptors (Lipinski definition) is 9. The van der Waals surface area contributed by atoms with E-state index in [1.807, 2.05) is 6.08 Å². The van der Waals surface area contributed by atoms with E-state index in [1.165, 1.54) is 20.8 Å². The molecule has 0 aliphatic carbocycles. The minimum absolute atomic E-state index is 0.151. The first-order chi connectivity index (χ1) is 14.3. The summed E-state index contributed by atoms with van der Waals surface area (Å²) in [5, 5.41) is 21.4. The molecule has 0 amide bonds. The molecule has 0 spiro atoms. The van der Waals surface area contributed by atoms with Crippen LogP contribution in [0.5, 0.6) is 0 Å². The fraction of sp³-hybridized carbons (Fsp3) is 0.682. The van der Waals surface area contributed by atoms with Gasteiger partial charge in [-0.25, -0.2) is 9.59 Å². The van der Waals surface area contributed by atoms with E-state index in [4.69, 9.17) is 14.2 Å². The van der Waals surface area contributed by atoms with Crippen LogP contribution >= 0.6 is 0 Å². The number of aliphatic hydroxyl groups is 2. The van der Waals surface area contributed by atoms with Gasteiger partial charge < -0.3 is 24.4 Å². The van der Waals surface area contributed by atoms with Gasteiger partial charge in [0.25, 0.3) is 0 Å². The number of esters is 3. The second-order valence-corrected chi connectivity index (χ2v) is 8.58. The van der Waals surface area contributed by atoms with Gasteiger partial charge in [0.1, 0.15) is 24.4 Å². The van der Waals surface area contributed by atoms with Crippen LogP contribution in [0.4, 0.5) is 0 Å². The van der Waals surface area contributed by atoms with E-state index in [9.17, 15) is 24.6 Å². The quantitative estimate of drug-likeness (QED) is 0.245. The van der Waals surface area contributed by atoms with Crippen molar-refractivity contribution in [3.63, 3.8) is 0 Å². The lowest BCUT2D eigenvalue weighted by molar-refractivity contribution is -0.219. The number of rotatable bonds is 8. The van der Waals surface area contributed by atoms with Crippen LogP contribution in [0.2, 0.25) is 0 Å². The number of carbonyl (C=O) groups excluding carboxylic acids is 3. The molecule has 0 bridgehead atoms. The van der Waals surface area contributed by atoms with E-state index in [2.05, 4.69) is 4.90 Å². The van der Waals surface area contributed by atoms with Crippen molar-refractivity contribution >= 4 is 17.9 Å². The molecule has 2 aliphatic rings. The van der Waals surface area contributed by atoms with E-state index in [0.29, 0.717) is 18.5 Å². The van der Waals surface area contributed by atoms with Gasteiger partial charge >= 0.3 is 17.9 Å². The van der Waals surface area contributed by atoms with Gasteiger partial charge in [-0.05, 0) is 46.6 Å². The first-order valence-corrected chi connectivity index (χ1v) is 10.4. The van der Waals surface area contributed by atoms with Crippen LogP contribution in [0.3, 0.4) is 0 Å². The van der Waals surface area contributed by atoms with Crippen molar-refractivity contribution in [1.82, 2.24) is 4.90 Å². The van der Waals surface area contributed by atoms with E-state index in [0.717, 1.165) is 19.0 Å². The summed E-state index contributed by atoms with van der Waals surface area (Å²) in [6, 6.07) is -0.220. The van der Waals surface area contributed by atoms with Crippen molar-refractivity contribution in [2.75, 3.05) is 19.7 Å². The number of carbonyl (C=O) groups is 3. The molecular weight excluding hydrogens is 406 g/mol. The molecule has 2 aliphatic heterocycles. The summed E-state index contributed by atoms with van der Waals surface area (Å²) >= 11 is 0. The molecule has 0 aromatic carbocycles. The fourth-order valence-electron chi connectivity index (χ4n) is 3.98. The first kappa shape index (κ1) is 25.0. The first-order valence-electron chi connectivity index (χ1n) is 10.4. The summed E-state index contributed by atoms with van der Waals surface area (Å²) in [4.78, 5) is 38.4. The number of ether oxygens (including phenoxy) is 3. The van der Waals surface area contributed by atoms with Gasteiger partial charge in [-0.15, -0.1) is 0 Å². The van der Waals surface area contributed by atoms with Crippen LogP contribution in [0, 0.1) is 0 Å². The maximum atomic E-state index is 12.8. The average Bonchev–Trinajstić information content (AvgIpc) is 3.26. The normalized spacial score (nSPS) is 24.6. The van der Waals surface area contributed by atoms with Crippen LogP contribution < -0.4 is 0 Å². The molecule has 174 valence electrons. The van der Waals surface area contributed by atoms with Crippen molar-refractivity contribution in [3.8, 4) is 0 Å². The maximum Gasteiger partial charge on any atom is 0.345 e. The lowest BCUT2D eigenvalue weighted by atomic mass is 9.81. The molecule has 4 unspecified atom stereocenters. The second kappa shape index (κ2) is 9.50. The van der Waals surface area contributed by atoms with Crippen LogP contribution in [-0.4, -0.2) is 82.2 Å². The third-order valence-corrected chi connectivity index (χ3v) is 5.97. The summed E-state index contributed by atoms with van der Waals surface area (Å²) in [7, 11) is 0. The molecule has 2 heterocycles. The zero-order valence-electron chi connectivity index (χ0n) is 19.0. The van der Waals surface area contributed by atoms with E-state index in [-0.39, 0.29) is 24.7 Å². The molecule has 31 heavy (non-hydrogen) atoms. The van der Waals surface area contributed by atoms with Crippen LogP contribution in [0.25, 0.3) is 0 Å². The van der Waals surface area contributed by atoms with Gasteiger partial charge in [-0.2, -0.15) is 0 Å². The molecule has 9 nitrogen and oxygen atoms in total. The third kappa shape index (κ3) is 5.16. The highest BCUT2D eigenvalue weighted by Gasteiger charge is 2.56. The number of hydrogen-bond donors (Lipinski definition) is 2. The maximum absolute atomic E-state index is 12.8. The molecule has 2 rings (SSSR count). The fourth-order valence-corrected chi connectivity index (χ4v) is 3.98. The molecule has 9 heteroatoms. The van der Waals surface area contributed by atoms with E-state index < -0.39 is 29.2 Å². The molecule has 0 saturated carbocycles. The van der Waals surface area contributed by atoms with Gasteiger partial charge in [0.15, 0.2) is 0 Å². The Morgan fingerprint density at radius 1 is 1.29 bits per heavy atom. The van der Waals surface area contributed by atoms with E-state index >= 15 is 0 Å². The van der Waals surface area contributed by atoms with Crippen LogP contribution in [-0.2, 0) is 28.6 Å². The van der Waals surface area contributed by atoms with Gasteiger partial charge in [-0.3, -0.25) is 9.69 Å². The van der Waals surface area contributed by atoms with Gasteiger partial charge in [0.05, 0.1) is 6.04 Å². The summed E-state index contributed by atoms with van der Waals surface area (Å²) < 4.78 is 16.0. The van der Waals surface area contributed by atoms with Crippen molar-refractivity contribution in [2.45, 2.75) is 77.4 Å². The summed E-state index contributed by atoms with van der Waals surface area (Å²) in [6.07, 6.45) is 2.54. The molecule has 0 aromatic heterocycles. The summed E-state index contributed by atoms with van der Waals surface area (Å²) in [5.74, 6) is -2.20. The summed E-state index contributed by atoms with van der Waals surface area (Å²) in [5.41, 5.74) is -3.14. The van der Waals surface area contributed by atoms with Crippen LogP contribution in [0.15, 0.2) is 23.3 Å².